The molecule has 0 saturated carbocycles. The average molecular weight is 356 g/mol. The van der Waals surface area contributed by atoms with Gasteiger partial charge in [0.15, 0.2) is 0 Å². The molecular weight excluding hydrogens is 343 g/mol. The number of halogens is 2. The fourth-order valence-corrected chi connectivity index (χ4v) is 1.71. The van der Waals surface area contributed by atoms with Crippen LogP contribution >= 0.6 is 11.6 Å². The number of nitro benzene ring substituents is 1. The molecule has 0 heterocycles. The molecule has 0 aliphatic carbocycles. The molecular formula is C14H12BClFNO6. The summed E-state index contributed by atoms with van der Waals surface area (Å²) in [6.45, 7) is 0. The molecule has 0 amide bonds. The van der Waals surface area contributed by atoms with Crippen LogP contribution in [0.15, 0.2) is 42.5 Å². The van der Waals surface area contributed by atoms with E-state index in [1.807, 2.05) is 0 Å². The van der Waals surface area contributed by atoms with E-state index in [4.69, 9.17) is 14.8 Å². The molecule has 2 aromatic carbocycles. The van der Waals surface area contributed by atoms with Gasteiger partial charge in [-0.3, -0.25) is 10.1 Å². The van der Waals surface area contributed by atoms with E-state index in [-0.39, 0.29) is 11.2 Å². The van der Waals surface area contributed by atoms with Crippen LogP contribution in [-0.2, 0) is 0 Å². The maximum atomic E-state index is 13.8. The molecule has 0 radical (unpaired) electrons. The second-order valence-electron chi connectivity index (χ2n) is 4.23. The number of para-hydroxylation sites is 2. The van der Waals surface area contributed by atoms with Crippen LogP contribution in [0.2, 0.25) is 0 Å². The molecule has 0 atom stereocenters. The summed E-state index contributed by atoms with van der Waals surface area (Å²) < 4.78 is 18.6. The quantitative estimate of drug-likeness (QED) is 0.215. The molecule has 2 aromatic rings. The lowest BCUT2D eigenvalue weighted by atomic mass is 9.80. The van der Waals surface area contributed by atoms with Crippen molar-refractivity contribution >= 4 is 35.8 Å². The number of rotatable bonds is 4. The van der Waals surface area contributed by atoms with Gasteiger partial charge in [0.1, 0.15) is 5.82 Å². The minimum Gasteiger partial charge on any atom is -0.423 e. The number of ether oxygens (including phenoxy) is 1. The average Bonchev–Trinajstić information content (AvgIpc) is 2.56. The Balaban J connectivity index is 0.00000139. The summed E-state index contributed by atoms with van der Waals surface area (Å²) in [5, 5.41) is 28.6. The van der Waals surface area contributed by atoms with Crippen LogP contribution in [0.5, 0.6) is 5.75 Å². The van der Waals surface area contributed by atoms with Gasteiger partial charge in [0.05, 0.1) is 10.5 Å². The predicted molar refractivity (Wildman–Crippen MR) is 86.1 cm³/mol. The van der Waals surface area contributed by atoms with Crippen molar-refractivity contribution in [3.63, 3.8) is 0 Å². The molecule has 2 N–H and O–H groups in total. The Morgan fingerprint density at radius 2 is 1.88 bits per heavy atom. The largest absolute Gasteiger partial charge is 0.488 e. The van der Waals surface area contributed by atoms with E-state index in [0.717, 1.165) is 24.3 Å². The van der Waals surface area contributed by atoms with E-state index in [2.05, 4.69) is 11.6 Å². The van der Waals surface area contributed by atoms with Crippen molar-refractivity contribution in [1.82, 2.24) is 0 Å². The van der Waals surface area contributed by atoms with Crippen molar-refractivity contribution < 1.29 is 28.9 Å². The monoisotopic (exact) mass is 355 g/mol. The summed E-state index contributed by atoms with van der Waals surface area (Å²) in [7, 11) is -1.88. The van der Waals surface area contributed by atoms with Crippen molar-refractivity contribution in [3.8, 4) is 5.75 Å². The SMILES string of the molecule is CCl.O=C(Oc1ccccc1[N+](=O)[O-])c1ccc(B(O)O)cc1F. The Labute approximate surface area is 141 Å². The predicted octanol–water partition coefficient (Wildman–Crippen LogP) is 1.49. The van der Waals surface area contributed by atoms with Crippen LogP contribution in [0, 0.1) is 15.9 Å². The lowest BCUT2D eigenvalue weighted by molar-refractivity contribution is -0.385. The van der Waals surface area contributed by atoms with Gasteiger partial charge in [-0.2, -0.15) is 0 Å². The summed E-state index contributed by atoms with van der Waals surface area (Å²) in [6.07, 6.45) is 1.47. The minimum absolute atomic E-state index is 0.139. The summed E-state index contributed by atoms with van der Waals surface area (Å²) in [6, 6.07) is 8.07. The van der Waals surface area contributed by atoms with Gasteiger partial charge in [0.2, 0.25) is 5.75 Å². The first-order valence-corrected chi connectivity index (χ1v) is 7.14. The van der Waals surface area contributed by atoms with Crippen molar-refractivity contribution in [2.75, 3.05) is 6.38 Å². The molecule has 0 saturated heterocycles. The Hall–Kier alpha value is -2.49. The summed E-state index contributed by atoms with van der Waals surface area (Å²) >= 11 is 4.64. The highest BCUT2D eigenvalue weighted by Gasteiger charge is 2.22. The fourth-order valence-electron chi connectivity index (χ4n) is 1.71. The van der Waals surface area contributed by atoms with E-state index in [9.17, 15) is 19.3 Å². The zero-order valence-corrected chi connectivity index (χ0v) is 13.1. The number of alkyl halides is 1. The Morgan fingerprint density at radius 1 is 1.25 bits per heavy atom. The van der Waals surface area contributed by atoms with Gasteiger partial charge in [-0.1, -0.05) is 18.2 Å². The first-order chi connectivity index (χ1) is 11.4. The molecule has 10 heteroatoms. The maximum absolute atomic E-state index is 13.8. The van der Waals surface area contributed by atoms with E-state index < -0.39 is 35.1 Å². The van der Waals surface area contributed by atoms with Crippen molar-refractivity contribution in [1.29, 1.82) is 0 Å². The first-order valence-electron chi connectivity index (χ1n) is 6.39. The molecule has 0 bridgehead atoms. The number of benzene rings is 2. The van der Waals surface area contributed by atoms with Gasteiger partial charge in [-0.25, -0.2) is 9.18 Å². The van der Waals surface area contributed by atoms with Crippen molar-refractivity contribution in [3.05, 3.63) is 64.0 Å². The molecule has 0 unspecified atom stereocenters. The molecule has 0 fully saturated rings. The molecule has 0 aliphatic rings. The number of carbonyl (C=O) groups is 1. The Kier molecular flexibility index (Phi) is 7.31. The third kappa shape index (κ3) is 4.75. The van der Waals surface area contributed by atoms with Gasteiger partial charge in [-0.15, -0.1) is 11.6 Å². The molecule has 0 spiro atoms. The topological polar surface area (TPSA) is 110 Å². The first kappa shape index (κ1) is 19.6. The third-order valence-electron chi connectivity index (χ3n) is 2.78. The number of nitrogens with zero attached hydrogens (tertiary/aromatic N) is 1. The highest BCUT2D eigenvalue weighted by molar-refractivity contribution is 6.58. The van der Waals surface area contributed by atoms with E-state index in [1.54, 1.807) is 0 Å². The van der Waals surface area contributed by atoms with Crippen LogP contribution in [0.1, 0.15) is 10.4 Å². The number of carbonyl (C=O) groups excluding carboxylic acids is 1. The van der Waals surface area contributed by atoms with Gasteiger partial charge in [0.25, 0.3) is 0 Å². The number of nitro groups is 1. The zero-order valence-electron chi connectivity index (χ0n) is 12.3. The van der Waals surface area contributed by atoms with Crippen molar-refractivity contribution in [2.45, 2.75) is 0 Å². The second kappa shape index (κ2) is 8.97. The smallest absolute Gasteiger partial charge is 0.423 e. The second-order valence-corrected chi connectivity index (χ2v) is 4.23. The lowest BCUT2D eigenvalue weighted by Crippen LogP contribution is -2.30. The molecule has 24 heavy (non-hydrogen) atoms. The number of hydrogen-bond donors (Lipinski definition) is 2. The number of esters is 1. The lowest BCUT2D eigenvalue weighted by Gasteiger charge is -2.07. The van der Waals surface area contributed by atoms with Gasteiger partial charge in [-0.05, 0) is 23.7 Å². The Morgan fingerprint density at radius 3 is 2.42 bits per heavy atom. The van der Waals surface area contributed by atoms with Crippen LogP contribution in [0.3, 0.4) is 0 Å². The number of hydrogen-bond acceptors (Lipinski definition) is 6. The maximum Gasteiger partial charge on any atom is 0.488 e. The van der Waals surface area contributed by atoms with Crippen LogP contribution in [0.4, 0.5) is 10.1 Å². The highest BCUT2D eigenvalue weighted by atomic mass is 35.5. The van der Waals surface area contributed by atoms with E-state index in [1.165, 1.54) is 24.6 Å². The Bertz CT molecular complexity index is 743. The molecule has 0 aromatic heterocycles. The molecule has 0 aliphatic heterocycles. The van der Waals surface area contributed by atoms with E-state index >= 15 is 0 Å². The standard InChI is InChI=1S/C13H9BFNO6.CH3Cl/c15-10-7-8(14(18)19)5-6-9(10)13(17)22-12-4-2-1-3-11(12)16(20)21;1-2/h1-7,18-19H;1H3. The van der Waals surface area contributed by atoms with Gasteiger partial charge in [0, 0.05) is 12.4 Å². The van der Waals surface area contributed by atoms with Gasteiger partial charge >= 0.3 is 18.8 Å². The molecule has 2 rings (SSSR count). The third-order valence-corrected chi connectivity index (χ3v) is 2.78. The summed E-state index contributed by atoms with van der Waals surface area (Å²) in [4.78, 5) is 22.0. The van der Waals surface area contributed by atoms with E-state index in [0.29, 0.717) is 0 Å². The minimum atomic E-state index is -1.88. The molecule has 7 nitrogen and oxygen atoms in total. The summed E-state index contributed by atoms with van der Waals surface area (Å²) in [5.74, 6) is -2.48. The van der Waals surface area contributed by atoms with Crippen LogP contribution < -0.4 is 10.2 Å². The van der Waals surface area contributed by atoms with Crippen LogP contribution in [0.25, 0.3) is 0 Å². The zero-order chi connectivity index (χ0) is 18.3. The van der Waals surface area contributed by atoms with Crippen LogP contribution in [-0.4, -0.2) is 34.4 Å². The van der Waals surface area contributed by atoms with Crippen molar-refractivity contribution in [2.24, 2.45) is 0 Å². The highest BCUT2D eigenvalue weighted by Crippen LogP contribution is 2.26. The fraction of sp³-hybridized carbons (Fsp3) is 0.0714. The molecule has 126 valence electrons. The summed E-state index contributed by atoms with van der Waals surface area (Å²) in [5.41, 5.74) is -1.05. The normalized spacial score (nSPS) is 9.54. The van der Waals surface area contributed by atoms with Gasteiger partial charge < -0.3 is 14.8 Å².